The fourth-order valence-corrected chi connectivity index (χ4v) is 3.24. The average Bonchev–Trinajstić information content (AvgIpc) is 2.64. The van der Waals surface area contributed by atoms with Crippen LogP contribution < -0.4 is 10.6 Å². The van der Waals surface area contributed by atoms with E-state index >= 15 is 0 Å². The minimum absolute atomic E-state index is 0.0522. The number of amides is 2. The zero-order valence-electron chi connectivity index (χ0n) is 13.0. The molecule has 20 heavy (non-hydrogen) atoms. The van der Waals surface area contributed by atoms with Gasteiger partial charge in [0, 0.05) is 16.7 Å². The van der Waals surface area contributed by atoms with Crippen molar-refractivity contribution in [2.75, 3.05) is 0 Å². The Balaban J connectivity index is 2.77. The molecular formula is C15H24N2O2S. The highest BCUT2D eigenvalue weighted by atomic mass is 32.1. The predicted octanol–water partition coefficient (Wildman–Crippen LogP) is 2.70. The highest BCUT2D eigenvalue weighted by Crippen LogP contribution is 2.26. The fourth-order valence-electron chi connectivity index (χ4n) is 2.22. The van der Waals surface area contributed by atoms with Crippen molar-refractivity contribution in [1.82, 2.24) is 10.6 Å². The molecule has 0 aliphatic heterocycles. The molecule has 5 heteroatoms. The van der Waals surface area contributed by atoms with Gasteiger partial charge in [-0.05, 0) is 38.3 Å². The van der Waals surface area contributed by atoms with Crippen molar-refractivity contribution in [3.8, 4) is 0 Å². The first-order valence-electron chi connectivity index (χ1n) is 6.86. The normalized spacial score (nSPS) is 13.9. The molecule has 2 N–H and O–H groups in total. The fraction of sp³-hybridized carbons (Fsp3) is 0.600. The Kier molecular flexibility index (Phi) is 5.74. The maximum Gasteiger partial charge on any atom is 0.243 e. The van der Waals surface area contributed by atoms with Crippen molar-refractivity contribution >= 4 is 23.2 Å². The van der Waals surface area contributed by atoms with Crippen LogP contribution in [0.1, 0.15) is 49.1 Å². The maximum atomic E-state index is 12.3. The molecule has 0 radical (unpaired) electrons. The van der Waals surface area contributed by atoms with Gasteiger partial charge in [0.25, 0.3) is 0 Å². The van der Waals surface area contributed by atoms with E-state index in [4.69, 9.17) is 0 Å². The van der Waals surface area contributed by atoms with Crippen molar-refractivity contribution in [1.29, 1.82) is 0 Å². The topological polar surface area (TPSA) is 58.2 Å². The summed E-state index contributed by atoms with van der Waals surface area (Å²) in [5, 5.41) is 5.70. The van der Waals surface area contributed by atoms with Gasteiger partial charge in [-0.15, -0.1) is 11.3 Å². The van der Waals surface area contributed by atoms with E-state index in [9.17, 15) is 9.59 Å². The highest BCUT2D eigenvalue weighted by molar-refractivity contribution is 7.12. The van der Waals surface area contributed by atoms with E-state index in [1.807, 2.05) is 20.8 Å². The van der Waals surface area contributed by atoms with Gasteiger partial charge in [-0.3, -0.25) is 9.59 Å². The van der Waals surface area contributed by atoms with Gasteiger partial charge in [0.2, 0.25) is 11.8 Å². The Morgan fingerprint density at radius 2 is 1.75 bits per heavy atom. The molecule has 1 aromatic rings. The monoisotopic (exact) mass is 296 g/mol. The van der Waals surface area contributed by atoms with Gasteiger partial charge in [0.05, 0.1) is 6.04 Å². The number of hydrogen-bond donors (Lipinski definition) is 2. The van der Waals surface area contributed by atoms with Crippen LogP contribution in [0.4, 0.5) is 0 Å². The van der Waals surface area contributed by atoms with Crippen LogP contribution in [-0.4, -0.2) is 17.9 Å². The number of aryl methyl sites for hydroxylation is 2. The molecule has 0 aliphatic carbocycles. The molecule has 112 valence electrons. The first kappa shape index (κ1) is 16.7. The molecule has 0 spiro atoms. The SMILES string of the molecule is CC(=O)NC(C(=O)NC(C)c1cc(C)sc1C)C(C)C. The Morgan fingerprint density at radius 3 is 2.15 bits per heavy atom. The molecule has 0 aliphatic rings. The van der Waals surface area contributed by atoms with Crippen LogP contribution in [-0.2, 0) is 9.59 Å². The zero-order valence-corrected chi connectivity index (χ0v) is 13.9. The number of carbonyl (C=O) groups excluding carboxylic acids is 2. The lowest BCUT2D eigenvalue weighted by molar-refractivity contribution is -0.129. The van der Waals surface area contributed by atoms with Crippen LogP contribution >= 0.6 is 11.3 Å². The summed E-state index contributed by atoms with van der Waals surface area (Å²) in [5.74, 6) is -0.267. The lowest BCUT2D eigenvalue weighted by atomic mass is 10.0. The Hall–Kier alpha value is -1.36. The second-order valence-electron chi connectivity index (χ2n) is 5.52. The Bertz CT molecular complexity index is 494. The van der Waals surface area contributed by atoms with Crippen molar-refractivity contribution in [2.45, 2.75) is 53.6 Å². The van der Waals surface area contributed by atoms with Crippen LogP contribution in [0.15, 0.2) is 6.07 Å². The van der Waals surface area contributed by atoms with E-state index in [0.717, 1.165) is 5.56 Å². The highest BCUT2D eigenvalue weighted by Gasteiger charge is 2.25. The minimum Gasteiger partial charge on any atom is -0.348 e. The van der Waals surface area contributed by atoms with E-state index in [2.05, 4.69) is 30.5 Å². The Labute approximate surface area is 125 Å². The number of thiophene rings is 1. The van der Waals surface area contributed by atoms with Gasteiger partial charge in [-0.2, -0.15) is 0 Å². The van der Waals surface area contributed by atoms with Crippen molar-refractivity contribution in [3.05, 3.63) is 21.4 Å². The van der Waals surface area contributed by atoms with Gasteiger partial charge < -0.3 is 10.6 Å². The molecule has 2 unspecified atom stereocenters. The molecule has 0 aromatic carbocycles. The molecule has 1 rings (SSSR count). The van der Waals surface area contributed by atoms with Crippen LogP contribution in [0.5, 0.6) is 0 Å². The number of hydrogen-bond acceptors (Lipinski definition) is 3. The summed E-state index contributed by atoms with van der Waals surface area (Å²) in [4.78, 5) is 25.9. The van der Waals surface area contributed by atoms with E-state index in [0.29, 0.717) is 0 Å². The maximum absolute atomic E-state index is 12.3. The lowest BCUT2D eigenvalue weighted by Gasteiger charge is -2.23. The standard InChI is InChI=1S/C15H24N2O2S/c1-8(2)14(17-12(6)18)15(19)16-10(4)13-7-9(3)20-11(13)5/h7-8,10,14H,1-6H3,(H,16,19)(H,17,18). The van der Waals surface area contributed by atoms with E-state index in [1.54, 1.807) is 11.3 Å². The van der Waals surface area contributed by atoms with Crippen LogP contribution in [0.2, 0.25) is 0 Å². The third-order valence-electron chi connectivity index (χ3n) is 3.21. The van der Waals surface area contributed by atoms with Crippen LogP contribution in [0.3, 0.4) is 0 Å². The molecule has 2 amide bonds. The summed E-state index contributed by atoms with van der Waals surface area (Å²) in [5.41, 5.74) is 1.14. The van der Waals surface area contributed by atoms with Crippen molar-refractivity contribution in [2.24, 2.45) is 5.92 Å². The molecule has 2 atom stereocenters. The first-order valence-corrected chi connectivity index (χ1v) is 7.68. The Morgan fingerprint density at radius 1 is 1.15 bits per heavy atom. The molecule has 0 saturated carbocycles. The van der Waals surface area contributed by atoms with E-state index in [-0.39, 0.29) is 23.8 Å². The number of carbonyl (C=O) groups is 2. The molecule has 1 heterocycles. The summed E-state index contributed by atoms with van der Waals surface area (Å²) in [6.45, 7) is 11.4. The van der Waals surface area contributed by atoms with E-state index < -0.39 is 6.04 Å². The average molecular weight is 296 g/mol. The van der Waals surface area contributed by atoms with Gasteiger partial charge in [-0.1, -0.05) is 13.8 Å². The second kappa shape index (κ2) is 6.88. The predicted molar refractivity (Wildman–Crippen MR) is 82.8 cm³/mol. The van der Waals surface area contributed by atoms with Gasteiger partial charge in [0.15, 0.2) is 0 Å². The van der Waals surface area contributed by atoms with Crippen LogP contribution in [0, 0.1) is 19.8 Å². The molecule has 0 fully saturated rings. The quantitative estimate of drug-likeness (QED) is 0.877. The summed E-state index contributed by atoms with van der Waals surface area (Å²) in [6, 6.07) is 1.56. The number of nitrogens with one attached hydrogen (secondary N) is 2. The first-order chi connectivity index (χ1) is 9.22. The largest absolute Gasteiger partial charge is 0.348 e. The van der Waals surface area contributed by atoms with Crippen molar-refractivity contribution in [3.63, 3.8) is 0 Å². The van der Waals surface area contributed by atoms with Gasteiger partial charge >= 0.3 is 0 Å². The zero-order chi connectivity index (χ0) is 15.4. The summed E-state index contributed by atoms with van der Waals surface area (Å²) in [6.07, 6.45) is 0. The molecule has 0 saturated heterocycles. The number of rotatable bonds is 5. The minimum atomic E-state index is -0.491. The summed E-state index contributed by atoms with van der Waals surface area (Å²) < 4.78 is 0. The summed E-state index contributed by atoms with van der Waals surface area (Å²) >= 11 is 1.73. The third-order valence-corrected chi connectivity index (χ3v) is 4.19. The van der Waals surface area contributed by atoms with Gasteiger partial charge in [0.1, 0.15) is 6.04 Å². The second-order valence-corrected chi connectivity index (χ2v) is 6.98. The van der Waals surface area contributed by atoms with E-state index in [1.165, 1.54) is 16.7 Å². The molecule has 4 nitrogen and oxygen atoms in total. The summed E-state index contributed by atoms with van der Waals surface area (Å²) in [7, 11) is 0. The van der Waals surface area contributed by atoms with Crippen LogP contribution in [0.25, 0.3) is 0 Å². The van der Waals surface area contributed by atoms with Gasteiger partial charge in [-0.25, -0.2) is 0 Å². The lowest BCUT2D eigenvalue weighted by Crippen LogP contribution is -2.49. The molecule has 1 aromatic heterocycles. The molecule has 0 bridgehead atoms. The van der Waals surface area contributed by atoms with Crippen molar-refractivity contribution < 1.29 is 9.59 Å². The smallest absolute Gasteiger partial charge is 0.243 e. The molecular weight excluding hydrogens is 272 g/mol. The third kappa shape index (κ3) is 4.34.